The molecule has 0 radical (unpaired) electrons. The Kier molecular flexibility index (Phi) is 7.83. The molecule has 0 saturated carbocycles. The molecule has 1 amide bonds. The van der Waals surface area contributed by atoms with Crippen LogP contribution in [0.15, 0.2) is 24.3 Å². The largest absolute Gasteiger partial charge is 0.399 e. The molecule has 0 bridgehead atoms. The highest BCUT2D eigenvalue weighted by atomic mass is 35.5. The zero-order chi connectivity index (χ0) is 12.3. The smallest absolute Gasteiger partial charge is 0.251 e. The summed E-state index contributed by atoms with van der Waals surface area (Å²) in [4.78, 5) is 14.2. The minimum Gasteiger partial charge on any atom is -0.399 e. The fourth-order valence-corrected chi connectivity index (χ4v) is 2.10. The third-order valence-electron chi connectivity index (χ3n) is 3.20. The van der Waals surface area contributed by atoms with Crippen molar-refractivity contribution in [3.8, 4) is 0 Å². The number of nitrogens with one attached hydrogen (secondary N) is 1. The summed E-state index contributed by atoms with van der Waals surface area (Å²) in [5, 5.41) is 3.06. The molecule has 3 N–H and O–H groups in total. The van der Waals surface area contributed by atoms with Crippen molar-refractivity contribution in [3.63, 3.8) is 0 Å². The number of carbonyl (C=O) groups is 1. The minimum absolute atomic E-state index is 0. The number of nitrogens with two attached hydrogens (primary N) is 1. The fourth-order valence-electron chi connectivity index (χ4n) is 2.10. The van der Waals surface area contributed by atoms with Gasteiger partial charge < -0.3 is 16.0 Å². The summed E-state index contributed by atoms with van der Waals surface area (Å²) in [5.74, 6) is -0.0214. The van der Waals surface area contributed by atoms with Crippen LogP contribution in [0, 0.1) is 0 Å². The van der Waals surface area contributed by atoms with E-state index in [9.17, 15) is 4.79 Å². The summed E-state index contributed by atoms with van der Waals surface area (Å²) >= 11 is 0. The Morgan fingerprint density at radius 3 is 2.53 bits per heavy atom. The number of carbonyl (C=O) groups excluding carboxylic acids is 1. The molecule has 108 valence electrons. The number of anilines is 1. The first-order valence-electron chi connectivity index (χ1n) is 6.00. The lowest BCUT2D eigenvalue weighted by atomic mass is 10.0. The lowest BCUT2D eigenvalue weighted by molar-refractivity contribution is 0.0917. The van der Waals surface area contributed by atoms with Crippen molar-refractivity contribution in [1.29, 1.82) is 0 Å². The molecule has 0 spiro atoms. The van der Waals surface area contributed by atoms with Crippen LogP contribution >= 0.6 is 24.8 Å². The van der Waals surface area contributed by atoms with Gasteiger partial charge >= 0.3 is 0 Å². The van der Waals surface area contributed by atoms with E-state index in [4.69, 9.17) is 5.73 Å². The van der Waals surface area contributed by atoms with Crippen molar-refractivity contribution in [2.45, 2.75) is 18.9 Å². The van der Waals surface area contributed by atoms with Gasteiger partial charge in [0, 0.05) is 17.3 Å². The summed E-state index contributed by atoms with van der Waals surface area (Å²) in [7, 11) is 2.11. The molecule has 1 fully saturated rings. The van der Waals surface area contributed by atoms with E-state index in [-0.39, 0.29) is 30.7 Å². The van der Waals surface area contributed by atoms with Crippen LogP contribution in [-0.2, 0) is 0 Å². The van der Waals surface area contributed by atoms with E-state index >= 15 is 0 Å². The highest BCUT2D eigenvalue weighted by Gasteiger charge is 2.18. The van der Waals surface area contributed by atoms with Crippen molar-refractivity contribution < 1.29 is 4.79 Å². The Balaban J connectivity index is 0.00000162. The summed E-state index contributed by atoms with van der Waals surface area (Å²) < 4.78 is 0. The second-order valence-electron chi connectivity index (χ2n) is 4.68. The van der Waals surface area contributed by atoms with E-state index in [2.05, 4.69) is 17.3 Å². The zero-order valence-corrected chi connectivity index (χ0v) is 12.6. The molecule has 1 aliphatic rings. The van der Waals surface area contributed by atoms with Crippen molar-refractivity contribution in [3.05, 3.63) is 29.8 Å². The quantitative estimate of drug-likeness (QED) is 0.821. The van der Waals surface area contributed by atoms with Crippen LogP contribution < -0.4 is 11.1 Å². The first-order chi connectivity index (χ1) is 8.15. The van der Waals surface area contributed by atoms with Crippen molar-refractivity contribution >= 4 is 36.4 Å². The van der Waals surface area contributed by atoms with Gasteiger partial charge in [0.2, 0.25) is 0 Å². The molecule has 19 heavy (non-hydrogen) atoms. The van der Waals surface area contributed by atoms with Crippen LogP contribution in [0.3, 0.4) is 0 Å². The third kappa shape index (κ3) is 5.27. The topological polar surface area (TPSA) is 58.4 Å². The van der Waals surface area contributed by atoms with Gasteiger partial charge in [0.15, 0.2) is 0 Å². The zero-order valence-electron chi connectivity index (χ0n) is 11.0. The Morgan fingerprint density at radius 1 is 1.32 bits per heavy atom. The SMILES string of the molecule is CN1CCC(NC(=O)c2cccc(N)c2)CC1.Cl.Cl. The molecule has 1 saturated heterocycles. The molecule has 0 unspecified atom stereocenters. The highest BCUT2D eigenvalue weighted by molar-refractivity contribution is 5.95. The van der Waals surface area contributed by atoms with Crippen molar-refractivity contribution in [2.24, 2.45) is 0 Å². The van der Waals surface area contributed by atoms with E-state index in [1.807, 2.05) is 0 Å². The monoisotopic (exact) mass is 305 g/mol. The molecular formula is C13H21Cl2N3O. The van der Waals surface area contributed by atoms with Gasteiger partial charge in [-0.1, -0.05) is 6.07 Å². The van der Waals surface area contributed by atoms with E-state index < -0.39 is 0 Å². The molecule has 0 aliphatic carbocycles. The van der Waals surface area contributed by atoms with Gasteiger partial charge in [-0.2, -0.15) is 0 Å². The number of hydrogen-bond donors (Lipinski definition) is 2. The van der Waals surface area contributed by atoms with Crippen LogP contribution in [0.25, 0.3) is 0 Å². The Hall–Kier alpha value is -0.970. The Bertz CT molecular complexity index is 407. The second kappa shape index (κ2) is 8.25. The summed E-state index contributed by atoms with van der Waals surface area (Å²) in [6.45, 7) is 2.09. The molecule has 6 heteroatoms. The number of rotatable bonds is 2. The lowest BCUT2D eigenvalue weighted by Gasteiger charge is -2.29. The molecule has 1 aliphatic heterocycles. The number of halogens is 2. The molecule has 0 atom stereocenters. The van der Waals surface area contributed by atoms with E-state index in [0.717, 1.165) is 25.9 Å². The van der Waals surface area contributed by atoms with Crippen molar-refractivity contribution in [1.82, 2.24) is 10.2 Å². The van der Waals surface area contributed by atoms with Crippen LogP contribution in [-0.4, -0.2) is 37.0 Å². The predicted molar refractivity (Wildman–Crippen MR) is 83.3 cm³/mol. The van der Waals surface area contributed by atoms with Crippen LogP contribution in [0.5, 0.6) is 0 Å². The standard InChI is InChI=1S/C13H19N3O.2ClH/c1-16-7-5-12(6-8-16)15-13(17)10-3-2-4-11(14)9-10;;/h2-4,9,12H,5-8,14H2,1H3,(H,15,17);2*1H. The molecule has 2 rings (SSSR count). The predicted octanol–water partition coefficient (Wildman–Crippen LogP) is 1.94. The van der Waals surface area contributed by atoms with Gasteiger partial charge in [0.05, 0.1) is 0 Å². The average Bonchev–Trinajstić information content (AvgIpc) is 2.32. The number of benzene rings is 1. The Morgan fingerprint density at radius 2 is 1.95 bits per heavy atom. The lowest BCUT2D eigenvalue weighted by Crippen LogP contribution is -2.43. The third-order valence-corrected chi connectivity index (χ3v) is 3.20. The molecule has 4 nitrogen and oxygen atoms in total. The van der Waals surface area contributed by atoms with Gasteiger partial charge in [-0.15, -0.1) is 24.8 Å². The molecule has 1 aromatic carbocycles. The van der Waals surface area contributed by atoms with Gasteiger partial charge in [-0.3, -0.25) is 4.79 Å². The number of likely N-dealkylation sites (tertiary alicyclic amines) is 1. The normalized spacial score (nSPS) is 16.1. The van der Waals surface area contributed by atoms with E-state index in [1.165, 1.54) is 0 Å². The summed E-state index contributed by atoms with van der Waals surface area (Å²) in [5.41, 5.74) is 6.93. The first-order valence-corrected chi connectivity index (χ1v) is 6.00. The number of nitrogens with zero attached hydrogens (tertiary/aromatic N) is 1. The number of piperidine rings is 1. The van der Waals surface area contributed by atoms with Gasteiger partial charge in [-0.05, 0) is 51.2 Å². The number of nitrogen functional groups attached to an aromatic ring is 1. The fraction of sp³-hybridized carbons (Fsp3) is 0.462. The number of hydrogen-bond acceptors (Lipinski definition) is 3. The van der Waals surface area contributed by atoms with Crippen LogP contribution in [0.2, 0.25) is 0 Å². The van der Waals surface area contributed by atoms with Crippen LogP contribution in [0.4, 0.5) is 5.69 Å². The molecule has 1 heterocycles. The Labute approximate surface area is 126 Å². The average molecular weight is 306 g/mol. The minimum atomic E-state index is -0.0214. The van der Waals surface area contributed by atoms with Gasteiger partial charge in [-0.25, -0.2) is 0 Å². The van der Waals surface area contributed by atoms with Crippen LogP contribution in [0.1, 0.15) is 23.2 Å². The van der Waals surface area contributed by atoms with Crippen molar-refractivity contribution in [2.75, 3.05) is 25.9 Å². The molecular weight excluding hydrogens is 285 g/mol. The van der Waals surface area contributed by atoms with Gasteiger partial charge in [0.25, 0.3) is 5.91 Å². The highest BCUT2D eigenvalue weighted by Crippen LogP contribution is 2.11. The molecule has 0 aromatic heterocycles. The maximum Gasteiger partial charge on any atom is 0.251 e. The van der Waals surface area contributed by atoms with Gasteiger partial charge in [0.1, 0.15) is 0 Å². The van der Waals surface area contributed by atoms with E-state index in [0.29, 0.717) is 17.3 Å². The molecule has 1 aromatic rings. The number of amides is 1. The second-order valence-corrected chi connectivity index (χ2v) is 4.68. The summed E-state index contributed by atoms with van der Waals surface area (Å²) in [6.07, 6.45) is 2.04. The van der Waals surface area contributed by atoms with E-state index in [1.54, 1.807) is 24.3 Å². The maximum absolute atomic E-state index is 12.0. The first kappa shape index (κ1) is 18.0. The summed E-state index contributed by atoms with van der Waals surface area (Å²) in [6, 6.07) is 7.39. The maximum atomic E-state index is 12.0.